The van der Waals surface area contributed by atoms with Crippen molar-refractivity contribution < 1.29 is 18.0 Å². The van der Waals surface area contributed by atoms with Crippen molar-refractivity contribution in [1.82, 2.24) is 20.2 Å². The molecule has 1 saturated heterocycles. The van der Waals surface area contributed by atoms with Crippen LogP contribution >= 0.6 is 11.3 Å². The fourth-order valence-electron chi connectivity index (χ4n) is 5.63. The summed E-state index contributed by atoms with van der Waals surface area (Å²) in [5.41, 5.74) is 6.20. The first-order chi connectivity index (χ1) is 21.3. The van der Waals surface area contributed by atoms with Gasteiger partial charge in [0.15, 0.2) is 0 Å². The molecule has 2 amide bonds. The van der Waals surface area contributed by atoms with Crippen LogP contribution in [0.3, 0.4) is 0 Å². The van der Waals surface area contributed by atoms with E-state index in [0.29, 0.717) is 30.0 Å². The Morgan fingerprint density at radius 1 is 0.977 bits per heavy atom. The van der Waals surface area contributed by atoms with Crippen LogP contribution in [-0.2, 0) is 14.8 Å². The van der Waals surface area contributed by atoms with E-state index in [-0.39, 0.29) is 22.6 Å². The Balaban J connectivity index is 1.36. The third-order valence-corrected chi connectivity index (χ3v) is 11.1. The highest BCUT2D eigenvalue weighted by molar-refractivity contribution is 7.94. The second kappa shape index (κ2) is 10.9. The minimum Gasteiger partial charge on any atom is -0.353 e. The molecule has 1 aliphatic heterocycles. The number of aromatic nitrogens is 2. The number of amides is 2. The number of rotatable bonds is 6. The van der Waals surface area contributed by atoms with Gasteiger partial charge in [-0.3, -0.25) is 13.9 Å². The fraction of sp³-hybridized carbons (Fsp3) is 0.121. The summed E-state index contributed by atoms with van der Waals surface area (Å²) in [6.45, 7) is 0.958. The van der Waals surface area contributed by atoms with E-state index in [0.717, 1.165) is 38.5 Å². The zero-order chi connectivity index (χ0) is 30.4. The molecule has 0 atom stereocenters. The van der Waals surface area contributed by atoms with Crippen molar-refractivity contribution in [3.63, 3.8) is 0 Å². The molecule has 0 radical (unpaired) electrons. The first-order valence-electron chi connectivity index (χ1n) is 14.0. The molecule has 6 aromatic rings. The molecule has 0 spiro atoms. The molecule has 1 fully saturated rings. The lowest BCUT2D eigenvalue weighted by Crippen LogP contribution is -2.49. The number of sulfonamides is 1. The van der Waals surface area contributed by atoms with Gasteiger partial charge in [-0.25, -0.2) is 13.4 Å². The minimum absolute atomic E-state index is 0.0473. The number of anilines is 1. The molecule has 3 aromatic heterocycles. The Morgan fingerprint density at radius 2 is 1.77 bits per heavy atom. The SMILES string of the molecule is CN(c1ccc2[nH]c3ncc(-c4ccc(C(=O)N5CCNC(=O)C5)cc4)c(-c4ccccc4)c3c2c1)S(=O)(=O)c1cccs1. The molecule has 0 aliphatic carbocycles. The van der Waals surface area contributed by atoms with Crippen LogP contribution in [0.15, 0.2) is 101 Å². The van der Waals surface area contributed by atoms with Crippen molar-refractivity contribution >= 4 is 60.8 Å². The number of pyridine rings is 1. The molecular formula is C33H27N5O4S2. The van der Waals surface area contributed by atoms with Crippen molar-refractivity contribution in [2.45, 2.75) is 4.21 Å². The van der Waals surface area contributed by atoms with Gasteiger partial charge in [-0.15, -0.1) is 11.3 Å². The Labute approximate surface area is 257 Å². The van der Waals surface area contributed by atoms with Gasteiger partial charge in [0.2, 0.25) is 5.91 Å². The van der Waals surface area contributed by atoms with Crippen LogP contribution in [0.5, 0.6) is 0 Å². The maximum atomic E-state index is 13.3. The van der Waals surface area contributed by atoms with Crippen LogP contribution in [0, 0.1) is 0 Å². The molecule has 220 valence electrons. The predicted octanol–water partition coefficient (Wildman–Crippen LogP) is 5.51. The highest BCUT2D eigenvalue weighted by Crippen LogP contribution is 2.41. The van der Waals surface area contributed by atoms with Gasteiger partial charge in [-0.1, -0.05) is 48.5 Å². The molecule has 9 nitrogen and oxygen atoms in total. The smallest absolute Gasteiger partial charge is 0.273 e. The number of nitrogens with one attached hydrogen (secondary N) is 2. The number of carbonyl (C=O) groups excluding carboxylic acids is 2. The largest absolute Gasteiger partial charge is 0.353 e. The number of H-pyrrole nitrogens is 1. The standard InChI is InChI=1S/C33H27N5O4S2/c1-37(44(41,42)29-8-5-17-43-29)24-13-14-27-25(18-24)31-30(22-6-3-2-4-7-22)26(19-35-32(31)36-27)21-9-11-23(12-10-21)33(40)38-16-15-34-28(39)20-38/h2-14,17-19H,15-16,20H2,1H3,(H,34,39)(H,35,36). The number of fused-ring (bicyclic) bond motifs is 3. The molecule has 0 bridgehead atoms. The summed E-state index contributed by atoms with van der Waals surface area (Å²) in [5, 5.41) is 6.20. The molecule has 2 N–H and O–H groups in total. The van der Waals surface area contributed by atoms with E-state index in [1.807, 2.05) is 60.8 Å². The normalized spacial score (nSPS) is 13.8. The molecule has 4 heterocycles. The van der Waals surface area contributed by atoms with Crippen LogP contribution in [0.25, 0.3) is 44.2 Å². The van der Waals surface area contributed by atoms with Gasteiger partial charge >= 0.3 is 0 Å². The number of nitrogens with zero attached hydrogens (tertiary/aromatic N) is 3. The topological polar surface area (TPSA) is 115 Å². The van der Waals surface area contributed by atoms with E-state index in [1.54, 1.807) is 47.7 Å². The third kappa shape index (κ3) is 4.80. The highest BCUT2D eigenvalue weighted by Gasteiger charge is 2.25. The van der Waals surface area contributed by atoms with Crippen molar-refractivity contribution in [2.75, 3.05) is 31.0 Å². The average molecular weight is 622 g/mol. The van der Waals surface area contributed by atoms with Gasteiger partial charge in [-0.2, -0.15) is 0 Å². The first kappa shape index (κ1) is 27.8. The van der Waals surface area contributed by atoms with E-state index in [9.17, 15) is 18.0 Å². The van der Waals surface area contributed by atoms with Gasteiger partial charge in [0.05, 0.1) is 12.2 Å². The van der Waals surface area contributed by atoms with Crippen molar-refractivity contribution in [3.05, 3.63) is 102 Å². The van der Waals surface area contributed by atoms with Crippen LogP contribution in [0.4, 0.5) is 5.69 Å². The Bertz CT molecular complexity index is 2140. The number of benzene rings is 3. The highest BCUT2D eigenvalue weighted by atomic mass is 32.2. The number of aromatic amines is 1. The lowest BCUT2D eigenvalue weighted by Gasteiger charge is -2.26. The third-order valence-electron chi connectivity index (χ3n) is 7.91. The zero-order valence-electron chi connectivity index (χ0n) is 23.7. The van der Waals surface area contributed by atoms with Gasteiger partial charge < -0.3 is 15.2 Å². The van der Waals surface area contributed by atoms with Crippen molar-refractivity contribution in [1.29, 1.82) is 0 Å². The van der Waals surface area contributed by atoms with Crippen molar-refractivity contribution in [3.8, 4) is 22.3 Å². The summed E-state index contributed by atoms with van der Waals surface area (Å²) in [5.74, 6) is -0.348. The van der Waals surface area contributed by atoms with Crippen LogP contribution in [0.2, 0.25) is 0 Å². The summed E-state index contributed by atoms with van der Waals surface area (Å²) in [7, 11) is -2.16. The van der Waals surface area contributed by atoms with E-state index >= 15 is 0 Å². The lowest BCUT2D eigenvalue weighted by atomic mass is 9.92. The summed E-state index contributed by atoms with van der Waals surface area (Å²) >= 11 is 1.18. The monoisotopic (exact) mass is 621 g/mol. The molecule has 7 rings (SSSR count). The fourth-order valence-corrected chi connectivity index (χ4v) is 7.98. The molecule has 1 aliphatic rings. The number of piperazine rings is 1. The average Bonchev–Trinajstić information content (AvgIpc) is 3.73. The second-order valence-electron chi connectivity index (χ2n) is 10.6. The van der Waals surface area contributed by atoms with Crippen molar-refractivity contribution in [2.24, 2.45) is 0 Å². The Hall–Kier alpha value is -5.00. The summed E-state index contributed by atoms with van der Waals surface area (Å²) in [6.07, 6.45) is 1.82. The number of hydrogen-bond donors (Lipinski definition) is 2. The van der Waals surface area contributed by atoms with E-state index in [1.165, 1.54) is 15.6 Å². The van der Waals surface area contributed by atoms with Gasteiger partial charge in [-0.05, 0) is 52.9 Å². The van der Waals surface area contributed by atoms with Gasteiger partial charge in [0, 0.05) is 59.3 Å². The first-order valence-corrected chi connectivity index (χ1v) is 16.3. The molecular weight excluding hydrogens is 595 g/mol. The van der Waals surface area contributed by atoms with Gasteiger partial charge in [0.25, 0.3) is 15.9 Å². The maximum absolute atomic E-state index is 13.3. The van der Waals surface area contributed by atoms with E-state index < -0.39 is 10.0 Å². The van der Waals surface area contributed by atoms with Crippen LogP contribution < -0.4 is 9.62 Å². The quantitative estimate of drug-likeness (QED) is 0.255. The number of hydrogen-bond acceptors (Lipinski definition) is 6. The Morgan fingerprint density at radius 3 is 2.50 bits per heavy atom. The van der Waals surface area contributed by atoms with Gasteiger partial charge in [0.1, 0.15) is 9.86 Å². The number of carbonyl (C=O) groups is 2. The molecule has 0 saturated carbocycles. The zero-order valence-corrected chi connectivity index (χ0v) is 25.3. The molecule has 3 aromatic carbocycles. The van der Waals surface area contributed by atoms with Crippen LogP contribution in [0.1, 0.15) is 10.4 Å². The summed E-state index contributed by atoms with van der Waals surface area (Å²) in [4.78, 5) is 34.6. The molecule has 0 unspecified atom stereocenters. The number of thiophene rings is 1. The second-order valence-corrected chi connectivity index (χ2v) is 13.7. The predicted molar refractivity (Wildman–Crippen MR) is 173 cm³/mol. The minimum atomic E-state index is -3.72. The lowest BCUT2D eigenvalue weighted by molar-refractivity contribution is -0.123. The molecule has 44 heavy (non-hydrogen) atoms. The maximum Gasteiger partial charge on any atom is 0.273 e. The van der Waals surface area contributed by atoms with E-state index in [2.05, 4.69) is 10.3 Å². The Kier molecular flexibility index (Phi) is 6.91. The van der Waals surface area contributed by atoms with E-state index in [4.69, 9.17) is 4.98 Å². The summed E-state index contributed by atoms with van der Waals surface area (Å²) < 4.78 is 28.2. The summed E-state index contributed by atoms with van der Waals surface area (Å²) in [6, 6.07) is 26.2. The molecule has 11 heteroatoms. The van der Waals surface area contributed by atoms with Crippen LogP contribution in [-0.4, -0.2) is 61.8 Å².